The lowest BCUT2D eigenvalue weighted by Gasteiger charge is -2.11. The fourth-order valence-electron chi connectivity index (χ4n) is 3.19. The highest BCUT2D eigenvalue weighted by Gasteiger charge is 2.26. The van der Waals surface area contributed by atoms with Crippen molar-refractivity contribution in [1.82, 2.24) is 20.7 Å². The van der Waals surface area contributed by atoms with Gasteiger partial charge in [0.1, 0.15) is 17.5 Å². The molecule has 1 aromatic heterocycles. The van der Waals surface area contributed by atoms with Gasteiger partial charge in [0, 0.05) is 11.8 Å². The van der Waals surface area contributed by atoms with Gasteiger partial charge in [-0.15, -0.1) is 0 Å². The van der Waals surface area contributed by atoms with Crippen LogP contribution in [0.3, 0.4) is 0 Å². The zero-order valence-corrected chi connectivity index (χ0v) is 15.3. The van der Waals surface area contributed by atoms with Crippen molar-refractivity contribution in [3.8, 4) is 17.6 Å². The van der Waals surface area contributed by atoms with Gasteiger partial charge in [-0.3, -0.25) is 4.79 Å². The smallest absolute Gasteiger partial charge is 0.278 e. The van der Waals surface area contributed by atoms with Crippen molar-refractivity contribution in [2.75, 3.05) is 11.9 Å². The second kappa shape index (κ2) is 8.08. The van der Waals surface area contributed by atoms with Crippen molar-refractivity contribution in [2.24, 2.45) is 0 Å². The number of para-hydroxylation sites is 1. The topological polar surface area (TPSA) is 116 Å². The molecule has 0 spiro atoms. The first-order valence-electron chi connectivity index (χ1n) is 9.07. The van der Waals surface area contributed by atoms with E-state index in [1.165, 1.54) is 12.1 Å². The number of hydrogen-bond acceptors (Lipinski definition) is 6. The minimum atomic E-state index is -0.673. The largest absolute Gasteiger partial charge is 0.453 e. The molecule has 1 unspecified atom stereocenters. The minimum Gasteiger partial charge on any atom is -0.453 e. The number of nitrogens with zero attached hydrogens (tertiary/aromatic N) is 3. The van der Waals surface area contributed by atoms with Gasteiger partial charge >= 0.3 is 0 Å². The number of hydrogen-bond donors (Lipinski definition) is 3. The Morgan fingerprint density at radius 2 is 2.10 bits per heavy atom. The van der Waals surface area contributed by atoms with Crippen LogP contribution in [0.5, 0.6) is 11.5 Å². The van der Waals surface area contributed by atoms with Gasteiger partial charge in [0.25, 0.3) is 5.91 Å². The zero-order valence-electron chi connectivity index (χ0n) is 15.3. The number of amides is 1. The number of nitriles is 1. The number of carbonyl (C=O) groups is 1. The molecule has 8 nitrogen and oxygen atoms in total. The third kappa shape index (κ3) is 3.93. The lowest BCUT2D eigenvalue weighted by atomic mass is 10.1. The highest BCUT2D eigenvalue weighted by Crippen LogP contribution is 2.29. The molecule has 0 bridgehead atoms. The number of nitrogens with one attached hydrogen (secondary N) is 3. The standard InChI is InChI=1S/C20H17FN6O2/c21-14-10-13(7-8-17(14)29-16-6-2-1-4-12(16)11-22)24-20(28)19-18(25-27-26-19)15-5-3-9-23-15/h1-2,4,6-8,10,15,23H,3,5,9H2,(H,24,28)(H,25,26,27). The molecule has 146 valence electrons. The van der Waals surface area contributed by atoms with E-state index in [0.29, 0.717) is 11.3 Å². The Balaban J connectivity index is 1.49. The van der Waals surface area contributed by atoms with E-state index in [0.717, 1.165) is 25.5 Å². The van der Waals surface area contributed by atoms with Crippen molar-refractivity contribution in [3.05, 3.63) is 65.2 Å². The molecule has 1 amide bonds. The fourth-order valence-corrected chi connectivity index (χ4v) is 3.19. The number of rotatable bonds is 5. The van der Waals surface area contributed by atoms with Crippen molar-refractivity contribution >= 4 is 11.6 Å². The van der Waals surface area contributed by atoms with Crippen LogP contribution in [0, 0.1) is 17.1 Å². The number of halogens is 1. The Morgan fingerprint density at radius 1 is 1.24 bits per heavy atom. The summed E-state index contributed by atoms with van der Waals surface area (Å²) in [6.45, 7) is 0.861. The van der Waals surface area contributed by atoms with Crippen molar-refractivity contribution in [3.63, 3.8) is 0 Å². The molecule has 0 radical (unpaired) electrons. The lowest BCUT2D eigenvalue weighted by Crippen LogP contribution is -2.20. The molecule has 3 aromatic rings. The SMILES string of the molecule is N#Cc1ccccc1Oc1ccc(NC(=O)c2n[nH]nc2C2CCCN2)cc1F. The van der Waals surface area contributed by atoms with E-state index in [1.54, 1.807) is 24.3 Å². The average Bonchev–Trinajstić information content (AvgIpc) is 3.42. The second-order valence-corrected chi connectivity index (χ2v) is 6.52. The molecule has 1 aliphatic heterocycles. The number of ether oxygens (including phenoxy) is 1. The summed E-state index contributed by atoms with van der Waals surface area (Å²) in [6, 6.07) is 12.6. The number of aromatic amines is 1. The van der Waals surface area contributed by atoms with E-state index in [1.807, 2.05) is 6.07 Å². The van der Waals surface area contributed by atoms with E-state index in [2.05, 4.69) is 26.0 Å². The third-order valence-corrected chi connectivity index (χ3v) is 4.60. The number of aromatic nitrogens is 3. The predicted molar refractivity (Wildman–Crippen MR) is 102 cm³/mol. The Hall–Kier alpha value is -3.77. The molecule has 1 atom stereocenters. The maximum Gasteiger partial charge on any atom is 0.278 e. The molecule has 29 heavy (non-hydrogen) atoms. The van der Waals surface area contributed by atoms with Gasteiger partial charge in [-0.25, -0.2) is 4.39 Å². The van der Waals surface area contributed by atoms with Gasteiger partial charge in [0.2, 0.25) is 0 Å². The summed E-state index contributed by atoms with van der Waals surface area (Å²) in [5.41, 5.74) is 1.27. The summed E-state index contributed by atoms with van der Waals surface area (Å²) < 4.78 is 20.0. The minimum absolute atomic E-state index is 0.0257. The summed E-state index contributed by atoms with van der Waals surface area (Å²) in [6.07, 6.45) is 1.87. The second-order valence-electron chi connectivity index (χ2n) is 6.52. The van der Waals surface area contributed by atoms with Crippen LogP contribution in [-0.4, -0.2) is 27.9 Å². The maximum atomic E-state index is 14.5. The number of anilines is 1. The summed E-state index contributed by atoms with van der Waals surface area (Å²) >= 11 is 0. The lowest BCUT2D eigenvalue weighted by molar-refractivity contribution is 0.102. The Labute approximate surface area is 165 Å². The zero-order chi connectivity index (χ0) is 20.2. The van der Waals surface area contributed by atoms with E-state index in [4.69, 9.17) is 10.00 Å². The Morgan fingerprint density at radius 3 is 2.86 bits per heavy atom. The van der Waals surface area contributed by atoms with Crippen LogP contribution < -0.4 is 15.4 Å². The normalized spacial score (nSPS) is 15.7. The number of carbonyl (C=O) groups excluding carboxylic acids is 1. The molecule has 2 heterocycles. The molecule has 1 saturated heterocycles. The molecule has 3 N–H and O–H groups in total. The third-order valence-electron chi connectivity index (χ3n) is 4.60. The first kappa shape index (κ1) is 18.6. The summed E-state index contributed by atoms with van der Waals surface area (Å²) in [7, 11) is 0. The van der Waals surface area contributed by atoms with Crippen molar-refractivity contribution in [2.45, 2.75) is 18.9 Å². The van der Waals surface area contributed by atoms with Gasteiger partial charge in [-0.05, 0) is 43.7 Å². The van der Waals surface area contributed by atoms with E-state index in [9.17, 15) is 9.18 Å². The number of benzene rings is 2. The Bertz CT molecular complexity index is 1080. The van der Waals surface area contributed by atoms with Gasteiger partial charge < -0.3 is 15.4 Å². The molecule has 1 aliphatic rings. The van der Waals surface area contributed by atoms with Crippen LogP contribution in [0.25, 0.3) is 0 Å². The average molecular weight is 392 g/mol. The molecular weight excluding hydrogens is 375 g/mol. The molecule has 2 aromatic carbocycles. The highest BCUT2D eigenvalue weighted by atomic mass is 19.1. The number of H-pyrrole nitrogens is 1. The van der Waals surface area contributed by atoms with Crippen LogP contribution in [0.4, 0.5) is 10.1 Å². The van der Waals surface area contributed by atoms with E-state index in [-0.39, 0.29) is 28.9 Å². The fraction of sp³-hybridized carbons (Fsp3) is 0.200. The predicted octanol–water partition coefficient (Wildman–Crippen LogP) is 3.28. The van der Waals surface area contributed by atoms with Crippen LogP contribution in [0.1, 0.15) is 40.6 Å². The Kier molecular flexibility index (Phi) is 5.18. The first-order chi connectivity index (χ1) is 14.2. The molecular formula is C20H17FN6O2. The van der Waals surface area contributed by atoms with E-state index < -0.39 is 11.7 Å². The van der Waals surface area contributed by atoms with Crippen LogP contribution in [-0.2, 0) is 0 Å². The molecule has 4 rings (SSSR count). The van der Waals surface area contributed by atoms with Crippen molar-refractivity contribution in [1.29, 1.82) is 5.26 Å². The van der Waals surface area contributed by atoms with Gasteiger partial charge in [0.05, 0.1) is 11.6 Å². The highest BCUT2D eigenvalue weighted by molar-refractivity contribution is 6.03. The van der Waals surface area contributed by atoms with Crippen LogP contribution in [0.2, 0.25) is 0 Å². The van der Waals surface area contributed by atoms with Gasteiger partial charge in [-0.2, -0.15) is 20.7 Å². The molecule has 0 saturated carbocycles. The molecule has 0 aliphatic carbocycles. The van der Waals surface area contributed by atoms with E-state index >= 15 is 0 Å². The summed E-state index contributed by atoms with van der Waals surface area (Å²) in [5.74, 6) is -0.955. The first-order valence-corrected chi connectivity index (χ1v) is 9.07. The van der Waals surface area contributed by atoms with Crippen LogP contribution in [0.15, 0.2) is 42.5 Å². The maximum absolute atomic E-state index is 14.5. The van der Waals surface area contributed by atoms with Gasteiger partial charge in [-0.1, -0.05) is 12.1 Å². The quantitative estimate of drug-likeness (QED) is 0.614. The summed E-state index contributed by atoms with van der Waals surface area (Å²) in [4.78, 5) is 12.6. The summed E-state index contributed by atoms with van der Waals surface area (Å²) in [5, 5.41) is 25.5. The van der Waals surface area contributed by atoms with Crippen molar-refractivity contribution < 1.29 is 13.9 Å². The molecule has 9 heteroatoms. The molecule has 1 fully saturated rings. The monoisotopic (exact) mass is 392 g/mol. The van der Waals surface area contributed by atoms with Gasteiger partial charge in [0.15, 0.2) is 17.3 Å². The van der Waals surface area contributed by atoms with Crippen LogP contribution >= 0.6 is 0 Å².